The maximum absolute atomic E-state index is 12.1. The fourth-order valence-corrected chi connectivity index (χ4v) is 2.42. The number of carbonyl (C=O) groups is 1. The van der Waals surface area contributed by atoms with Gasteiger partial charge in [-0.3, -0.25) is 9.48 Å². The number of aromatic nitrogens is 2. The summed E-state index contributed by atoms with van der Waals surface area (Å²) < 4.78 is 1.54. The quantitative estimate of drug-likeness (QED) is 0.813. The Hall–Kier alpha value is -1.83. The molecule has 0 aromatic carbocycles. The predicted molar refractivity (Wildman–Crippen MR) is 67.7 cm³/mol. The second-order valence-corrected chi connectivity index (χ2v) is 4.85. The summed E-state index contributed by atoms with van der Waals surface area (Å²) in [6, 6.07) is 2.04. The number of hydrogen-bond donors (Lipinski definition) is 1. The van der Waals surface area contributed by atoms with Gasteiger partial charge < -0.3 is 5.32 Å². The first kappa shape index (κ1) is 12.6. The fourth-order valence-electron chi connectivity index (χ4n) is 2.42. The van der Waals surface area contributed by atoms with E-state index in [9.17, 15) is 4.79 Å². The smallest absolute Gasteiger partial charge is 0.228 e. The number of amides is 1. The van der Waals surface area contributed by atoms with Crippen molar-refractivity contribution in [2.45, 2.75) is 38.5 Å². The molecule has 1 heterocycles. The Morgan fingerprint density at radius 1 is 1.44 bits per heavy atom. The Labute approximate surface area is 107 Å². The maximum Gasteiger partial charge on any atom is 0.228 e. The molecule has 18 heavy (non-hydrogen) atoms. The minimum atomic E-state index is 0.00657. The Morgan fingerprint density at radius 3 is 2.72 bits per heavy atom. The number of hydrogen-bond acceptors (Lipinski definition) is 3. The molecule has 1 aliphatic carbocycles. The van der Waals surface area contributed by atoms with Crippen molar-refractivity contribution in [2.75, 3.05) is 5.32 Å². The molecule has 0 radical (unpaired) electrons. The maximum atomic E-state index is 12.1. The van der Waals surface area contributed by atoms with Gasteiger partial charge in [0.25, 0.3) is 0 Å². The van der Waals surface area contributed by atoms with Crippen LogP contribution in [0, 0.1) is 17.2 Å². The zero-order valence-electron chi connectivity index (χ0n) is 10.6. The standard InChI is InChI=1S/C13H18N4O/c1-17-9-11(8-14)12(16-17)15-13(18)10-6-4-2-3-5-7-10/h9-10H,2-7H2,1H3,(H,15,16,18). The zero-order valence-corrected chi connectivity index (χ0v) is 10.6. The SMILES string of the molecule is Cn1cc(C#N)c(NC(=O)C2CCCCCC2)n1. The summed E-state index contributed by atoms with van der Waals surface area (Å²) in [4.78, 5) is 12.1. The van der Waals surface area contributed by atoms with Crippen LogP contribution in [0.3, 0.4) is 0 Å². The van der Waals surface area contributed by atoms with Gasteiger partial charge >= 0.3 is 0 Å². The van der Waals surface area contributed by atoms with Crippen molar-refractivity contribution in [1.29, 1.82) is 5.26 Å². The molecule has 1 fully saturated rings. The topological polar surface area (TPSA) is 70.7 Å². The van der Waals surface area contributed by atoms with Crippen LogP contribution in [0.2, 0.25) is 0 Å². The molecule has 0 saturated heterocycles. The van der Waals surface area contributed by atoms with E-state index in [-0.39, 0.29) is 11.8 Å². The van der Waals surface area contributed by atoms with E-state index in [0.29, 0.717) is 11.4 Å². The zero-order chi connectivity index (χ0) is 13.0. The number of carbonyl (C=O) groups excluding carboxylic acids is 1. The third-order valence-corrected chi connectivity index (χ3v) is 3.42. The van der Waals surface area contributed by atoms with E-state index < -0.39 is 0 Å². The van der Waals surface area contributed by atoms with Crippen molar-refractivity contribution in [3.63, 3.8) is 0 Å². The third-order valence-electron chi connectivity index (χ3n) is 3.42. The highest BCUT2D eigenvalue weighted by molar-refractivity contribution is 5.92. The van der Waals surface area contributed by atoms with Crippen LogP contribution in [-0.4, -0.2) is 15.7 Å². The van der Waals surface area contributed by atoms with Gasteiger partial charge in [0.15, 0.2) is 5.82 Å². The van der Waals surface area contributed by atoms with Crippen LogP contribution in [0.25, 0.3) is 0 Å². The number of anilines is 1. The summed E-state index contributed by atoms with van der Waals surface area (Å²) in [5.41, 5.74) is 0.416. The van der Waals surface area contributed by atoms with E-state index in [2.05, 4.69) is 10.4 Å². The molecule has 5 heteroatoms. The first-order chi connectivity index (χ1) is 8.70. The lowest BCUT2D eigenvalue weighted by Crippen LogP contribution is -2.23. The van der Waals surface area contributed by atoms with Crippen LogP contribution in [-0.2, 0) is 11.8 Å². The molecule has 1 aromatic rings. The number of nitrogens with zero attached hydrogens (tertiary/aromatic N) is 3. The van der Waals surface area contributed by atoms with Crippen LogP contribution in [0.4, 0.5) is 5.82 Å². The lowest BCUT2D eigenvalue weighted by atomic mass is 9.99. The van der Waals surface area contributed by atoms with E-state index >= 15 is 0 Å². The summed E-state index contributed by atoms with van der Waals surface area (Å²) in [5, 5.41) is 15.8. The molecule has 2 rings (SSSR count). The van der Waals surface area contributed by atoms with Crippen molar-refractivity contribution in [2.24, 2.45) is 13.0 Å². The summed E-state index contributed by atoms with van der Waals surface area (Å²) in [6.45, 7) is 0. The number of aryl methyl sites for hydroxylation is 1. The highest BCUT2D eigenvalue weighted by atomic mass is 16.2. The van der Waals surface area contributed by atoms with Crippen molar-refractivity contribution in [3.05, 3.63) is 11.8 Å². The largest absolute Gasteiger partial charge is 0.308 e. The first-order valence-electron chi connectivity index (χ1n) is 6.45. The summed E-state index contributed by atoms with van der Waals surface area (Å²) in [5.74, 6) is 0.461. The van der Waals surface area contributed by atoms with E-state index in [4.69, 9.17) is 5.26 Å². The molecule has 1 aromatic heterocycles. The van der Waals surface area contributed by atoms with Gasteiger partial charge in [-0.05, 0) is 12.8 Å². The number of nitriles is 1. The van der Waals surface area contributed by atoms with Crippen molar-refractivity contribution in [1.82, 2.24) is 9.78 Å². The van der Waals surface area contributed by atoms with E-state index in [1.165, 1.54) is 12.8 Å². The molecule has 0 unspecified atom stereocenters. The Morgan fingerprint density at radius 2 is 2.11 bits per heavy atom. The fraction of sp³-hybridized carbons (Fsp3) is 0.615. The molecule has 96 valence electrons. The lowest BCUT2D eigenvalue weighted by molar-refractivity contribution is -0.120. The van der Waals surface area contributed by atoms with Gasteiger partial charge in [0, 0.05) is 19.2 Å². The normalized spacial score (nSPS) is 16.9. The second kappa shape index (κ2) is 5.67. The molecule has 1 aliphatic rings. The van der Waals surface area contributed by atoms with Crippen LogP contribution < -0.4 is 5.32 Å². The van der Waals surface area contributed by atoms with Crippen LogP contribution in [0.1, 0.15) is 44.1 Å². The molecule has 1 amide bonds. The van der Waals surface area contributed by atoms with Crippen molar-refractivity contribution in [3.8, 4) is 6.07 Å². The van der Waals surface area contributed by atoms with Crippen LogP contribution in [0.15, 0.2) is 6.20 Å². The number of rotatable bonds is 2. The van der Waals surface area contributed by atoms with Gasteiger partial charge in [-0.15, -0.1) is 0 Å². The third kappa shape index (κ3) is 2.89. The molecule has 0 aliphatic heterocycles. The van der Waals surface area contributed by atoms with Gasteiger partial charge in [-0.25, -0.2) is 0 Å². The minimum Gasteiger partial charge on any atom is -0.308 e. The van der Waals surface area contributed by atoms with Gasteiger partial charge in [0.05, 0.1) is 0 Å². The Bertz CT molecular complexity index is 464. The highest BCUT2D eigenvalue weighted by Crippen LogP contribution is 2.24. The number of nitrogens with one attached hydrogen (secondary N) is 1. The molecule has 1 saturated carbocycles. The van der Waals surface area contributed by atoms with Gasteiger partial charge in [-0.2, -0.15) is 10.4 Å². The van der Waals surface area contributed by atoms with Crippen LogP contribution in [0.5, 0.6) is 0 Å². The van der Waals surface area contributed by atoms with Gasteiger partial charge in [0.1, 0.15) is 11.6 Å². The van der Waals surface area contributed by atoms with Crippen LogP contribution >= 0.6 is 0 Å². The van der Waals surface area contributed by atoms with Gasteiger partial charge in [0.2, 0.25) is 5.91 Å². The van der Waals surface area contributed by atoms with E-state index in [0.717, 1.165) is 25.7 Å². The summed E-state index contributed by atoms with van der Waals surface area (Å²) in [6.07, 6.45) is 8.17. The summed E-state index contributed by atoms with van der Waals surface area (Å²) in [7, 11) is 1.74. The van der Waals surface area contributed by atoms with Crippen molar-refractivity contribution >= 4 is 11.7 Å². The first-order valence-corrected chi connectivity index (χ1v) is 6.45. The molecule has 1 N–H and O–H groups in total. The monoisotopic (exact) mass is 246 g/mol. The van der Waals surface area contributed by atoms with Crippen molar-refractivity contribution < 1.29 is 4.79 Å². The molecule has 0 bridgehead atoms. The Balaban J connectivity index is 2.03. The van der Waals surface area contributed by atoms with Gasteiger partial charge in [-0.1, -0.05) is 25.7 Å². The average molecular weight is 246 g/mol. The highest BCUT2D eigenvalue weighted by Gasteiger charge is 2.21. The molecule has 5 nitrogen and oxygen atoms in total. The predicted octanol–water partition coefficient (Wildman–Crippen LogP) is 2.20. The molecule has 0 atom stereocenters. The average Bonchev–Trinajstić information content (AvgIpc) is 2.58. The summed E-state index contributed by atoms with van der Waals surface area (Å²) >= 11 is 0. The minimum absolute atomic E-state index is 0.00657. The second-order valence-electron chi connectivity index (χ2n) is 4.85. The molecular weight excluding hydrogens is 228 g/mol. The molecular formula is C13H18N4O. The molecule has 0 spiro atoms. The van der Waals surface area contributed by atoms with E-state index in [1.54, 1.807) is 17.9 Å². The lowest BCUT2D eigenvalue weighted by Gasteiger charge is -2.12. The Kier molecular flexibility index (Phi) is 3.98. The van der Waals surface area contributed by atoms with E-state index in [1.807, 2.05) is 6.07 Å².